The maximum Gasteiger partial charge on any atom is 0.137 e. The third kappa shape index (κ3) is 2.34. The molecular formula is C17H16ClN3. The van der Waals surface area contributed by atoms with Crippen molar-refractivity contribution in [3.63, 3.8) is 0 Å². The molecule has 1 atom stereocenters. The number of hydrogen-bond acceptors (Lipinski definition) is 2. The van der Waals surface area contributed by atoms with Crippen LogP contribution in [-0.4, -0.2) is 14.8 Å². The maximum atomic E-state index is 6.04. The van der Waals surface area contributed by atoms with Crippen molar-refractivity contribution in [3.05, 3.63) is 83.4 Å². The van der Waals surface area contributed by atoms with Gasteiger partial charge in [0.15, 0.2) is 0 Å². The molecule has 0 bridgehead atoms. The van der Waals surface area contributed by atoms with E-state index in [-0.39, 0.29) is 5.54 Å². The van der Waals surface area contributed by atoms with Gasteiger partial charge in [0.05, 0.1) is 0 Å². The first-order valence-corrected chi connectivity index (χ1v) is 7.32. The van der Waals surface area contributed by atoms with Crippen LogP contribution < -0.4 is 0 Å². The molecule has 4 heteroatoms. The fourth-order valence-electron chi connectivity index (χ4n) is 2.85. The monoisotopic (exact) mass is 297 g/mol. The molecule has 0 saturated heterocycles. The van der Waals surface area contributed by atoms with Gasteiger partial charge in [-0.1, -0.05) is 61.0 Å². The van der Waals surface area contributed by atoms with Crippen LogP contribution in [0.1, 0.15) is 24.5 Å². The van der Waals surface area contributed by atoms with Crippen LogP contribution in [0.5, 0.6) is 0 Å². The zero-order valence-electron chi connectivity index (χ0n) is 11.8. The molecule has 106 valence electrons. The number of aromatic nitrogens is 3. The standard InChI is InChI=1S/C17H16ClN3/c1-2-17(21-13-19-12-20-21,14-6-4-3-5-7-14)15-8-10-16(18)11-9-15/h3-13H,2H2,1H3. The van der Waals surface area contributed by atoms with Crippen LogP contribution in [-0.2, 0) is 5.54 Å². The van der Waals surface area contributed by atoms with E-state index in [1.807, 2.05) is 35.0 Å². The minimum atomic E-state index is -0.373. The second kappa shape index (κ2) is 5.70. The minimum Gasteiger partial charge on any atom is -0.238 e. The molecule has 0 radical (unpaired) electrons. The second-order valence-electron chi connectivity index (χ2n) is 4.93. The van der Waals surface area contributed by atoms with Gasteiger partial charge in [-0.05, 0) is 29.7 Å². The van der Waals surface area contributed by atoms with E-state index >= 15 is 0 Å². The summed E-state index contributed by atoms with van der Waals surface area (Å²) in [6.45, 7) is 2.16. The highest BCUT2D eigenvalue weighted by molar-refractivity contribution is 6.30. The SMILES string of the molecule is CCC(c1ccccc1)(c1ccc(Cl)cc1)n1cncn1. The van der Waals surface area contributed by atoms with Crippen molar-refractivity contribution in [1.29, 1.82) is 0 Å². The highest BCUT2D eigenvalue weighted by atomic mass is 35.5. The molecule has 0 saturated carbocycles. The van der Waals surface area contributed by atoms with Crippen molar-refractivity contribution >= 4 is 11.6 Å². The molecule has 3 aromatic rings. The Balaban J connectivity index is 2.26. The third-order valence-corrected chi connectivity index (χ3v) is 4.15. The van der Waals surface area contributed by atoms with E-state index in [9.17, 15) is 0 Å². The number of benzene rings is 2. The van der Waals surface area contributed by atoms with E-state index in [0.29, 0.717) is 0 Å². The van der Waals surface area contributed by atoms with E-state index in [0.717, 1.165) is 17.0 Å². The number of hydrogen-bond donors (Lipinski definition) is 0. The Hall–Kier alpha value is -2.13. The minimum absolute atomic E-state index is 0.373. The Kier molecular flexibility index (Phi) is 3.76. The lowest BCUT2D eigenvalue weighted by Gasteiger charge is -2.34. The van der Waals surface area contributed by atoms with E-state index in [1.54, 1.807) is 12.7 Å². The molecule has 1 heterocycles. The average Bonchev–Trinajstić information content (AvgIpc) is 3.06. The summed E-state index contributed by atoms with van der Waals surface area (Å²) >= 11 is 6.04. The summed E-state index contributed by atoms with van der Waals surface area (Å²) in [7, 11) is 0. The predicted octanol–water partition coefficient (Wildman–Crippen LogP) is 4.13. The van der Waals surface area contributed by atoms with Crippen molar-refractivity contribution < 1.29 is 0 Å². The Morgan fingerprint density at radius 2 is 1.67 bits per heavy atom. The van der Waals surface area contributed by atoms with Gasteiger partial charge in [0.25, 0.3) is 0 Å². The summed E-state index contributed by atoms with van der Waals surface area (Å²) in [5.74, 6) is 0. The van der Waals surface area contributed by atoms with Gasteiger partial charge >= 0.3 is 0 Å². The van der Waals surface area contributed by atoms with Gasteiger partial charge in [0, 0.05) is 5.02 Å². The highest BCUT2D eigenvalue weighted by Crippen LogP contribution is 2.36. The van der Waals surface area contributed by atoms with Crippen molar-refractivity contribution in [2.45, 2.75) is 18.9 Å². The quantitative estimate of drug-likeness (QED) is 0.725. The van der Waals surface area contributed by atoms with E-state index in [2.05, 4.69) is 41.3 Å². The summed E-state index contributed by atoms with van der Waals surface area (Å²) < 4.78 is 1.92. The Bertz CT molecular complexity index is 693. The summed E-state index contributed by atoms with van der Waals surface area (Å²) in [6.07, 6.45) is 4.20. The summed E-state index contributed by atoms with van der Waals surface area (Å²) in [6, 6.07) is 18.3. The largest absolute Gasteiger partial charge is 0.238 e. The van der Waals surface area contributed by atoms with Crippen LogP contribution in [0.15, 0.2) is 67.3 Å². The van der Waals surface area contributed by atoms with Gasteiger partial charge < -0.3 is 0 Å². The van der Waals surface area contributed by atoms with Gasteiger partial charge in [-0.3, -0.25) is 0 Å². The zero-order chi connectivity index (χ0) is 14.7. The molecule has 0 N–H and O–H groups in total. The molecule has 0 fully saturated rings. The number of rotatable bonds is 4. The fraction of sp³-hybridized carbons (Fsp3) is 0.176. The smallest absolute Gasteiger partial charge is 0.137 e. The zero-order valence-corrected chi connectivity index (χ0v) is 12.5. The molecule has 0 amide bonds. The summed E-state index contributed by atoms with van der Waals surface area (Å²) in [4.78, 5) is 4.13. The molecule has 3 nitrogen and oxygen atoms in total. The molecule has 1 unspecified atom stereocenters. The lowest BCUT2D eigenvalue weighted by Crippen LogP contribution is -2.36. The van der Waals surface area contributed by atoms with Gasteiger partial charge in [-0.25, -0.2) is 9.67 Å². The summed E-state index contributed by atoms with van der Waals surface area (Å²) in [5, 5.41) is 5.14. The second-order valence-corrected chi connectivity index (χ2v) is 5.36. The van der Waals surface area contributed by atoms with Gasteiger partial charge in [-0.2, -0.15) is 5.10 Å². The van der Waals surface area contributed by atoms with Crippen LogP contribution in [0.25, 0.3) is 0 Å². The van der Waals surface area contributed by atoms with Crippen LogP contribution in [0.3, 0.4) is 0 Å². The molecule has 1 aromatic heterocycles. The van der Waals surface area contributed by atoms with E-state index in [1.165, 1.54) is 5.56 Å². The lowest BCUT2D eigenvalue weighted by atomic mass is 9.81. The van der Waals surface area contributed by atoms with Gasteiger partial charge in [0.1, 0.15) is 18.2 Å². The molecule has 0 spiro atoms. The van der Waals surface area contributed by atoms with Gasteiger partial charge in [0.2, 0.25) is 0 Å². The Morgan fingerprint density at radius 1 is 1.00 bits per heavy atom. The molecular weight excluding hydrogens is 282 g/mol. The lowest BCUT2D eigenvalue weighted by molar-refractivity contribution is 0.373. The molecule has 3 rings (SSSR count). The van der Waals surface area contributed by atoms with E-state index < -0.39 is 0 Å². The fourth-order valence-corrected chi connectivity index (χ4v) is 2.97. The molecule has 0 aliphatic carbocycles. The van der Waals surface area contributed by atoms with Crippen LogP contribution in [0, 0.1) is 0 Å². The van der Waals surface area contributed by atoms with Crippen molar-refractivity contribution in [2.24, 2.45) is 0 Å². The first kappa shape index (κ1) is 13.8. The normalized spacial score (nSPS) is 13.8. The molecule has 0 aliphatic heterocycles. The molecule has 2 aromatic carbocycles. The van der Waals surface area contributed by atoms with Crippen molar-refractivity contribution in [2.75, 3.05) is 0 Å². The van der Waals surface area contributed by atoms with Gasteiger partial charge in [-0.15, -0.1) is 0 Å². The maximum absolute atomic E-state index is 6.04. The highest BCUT2D eigenvalue weighted by Gasteiger charge is 2.35. The van der Waals surface area contributed by atoms with Crippen molar-refractivity contribution in [1.82, 2.24) is 14.8 Å². The van der Waals surface area contributed by atoms with Crippen molar-refractivity contribution in [3.8, 4) is 0 Å². The number of nitrogens with zero attached hydrogens (tertiary/aromatic N) is 3. The first-order valence-electron chi connectivity index (χ1n) is 6.94. The average molecular weight is 298 g/mol. The van der Waals surface area contributed by atoms with Crippen LogP contribution in [0.4, 0.5) is 0 Å². The number of halogens is 1. The van der Waals surface area contributed by atoms with Crippen LogP contribution in [0.2, 0.25) is 5.02 Å². The topological polar surface area (TPSA) is 30.7 Å². The Morgan fingerprint density at radius 3 is 2.24 bits per heavy atom. The van der Waals surface area contributed by atoms with Crippen LogP contribution >= 0.6 is 11.6 Å². The predicted molar refractivity (Wildman–Crippen MR) is 84.4 cm³/mol. The molecule has 21 heavy (non-hydrogen) atoms. The third-order valence-electron chi connectivity index (χ3n) is 3.89. The Labute approximate surface area is 129 Å². The first-order chi connectivity index (χ1) is 10.3. The van der Waals surface area contributed by atoms with E-state index in [4.69, 9.17) is 11.6 Å². The molecule has 0 aliphatic rings. The summed E-state index contributed by atoms with van der Waals surface area (Å²) in [5.41, 5.74) is 1.95.